The molecule has 5 atom stereocenters. The average Bonchev–Trinajstić information content (AvgIpc) is 3.56. The number of azide groups is 1. The lowest BCUT2D eigenvalue weighted by Gasteiger charge is -2.28. The maximum absolute atomic E-state index is 12.9. The highest BCUT2D eigenvalue weighted by Crippen LogP contribution is 2.46. The predicted molar refractivity (Wildman–Crippen MR) is 119 cm³/mol. The Morgan fingerprint density at radius 1 is 1.34 bits per heavy atom. The van der Waals surface area contributed by atoms with Crippen molar-refractivity contribution in [1.29, 1.82) is 0 Å². The second kappa shape index (κ2) is 9.13. The van der Waals surface area contributed by atoms with Gasteiger partial charge in [0.15, 0.2) is 12.5 Å². The van der Waals surface area contributed by atoms with Crippen molar-refractivity contribution in [3.63, 3.8) is 0 Å². The summed E-state index contributed by atoms with van der Waals surface area (Å²) in [5.74, 6) is -0.355. The van der Waals surface area contributed by atoms with Gasteiger partial charge >= 0.3 is 11.7 Å². The number of benzene rings is 1. The number of ether oxygens (including phenoxy) is 4. The van der Waals surface area contributed by atoms with Crippen molar-refractivity contribution in [1.82, 2.24) is 19.1 Å². The van der Waals surface area contributed by atoms with Crippen molar-refractivity contribution in [3.8, 4) is 5.82 Å². The Morgan fingerprint density at radius 2 is 2.20 bits per heavy atom. The van der Waals surface area contributed by atoms with Crippen LogP contribution in [0.25, 0.3) is 16.3 Å². The Hall–Kier alpha value is -3.74. The molecule has 2 aliphatic heterocycles. The largest absolute Gasteiger partial charge is 0.459 e. The van der Waals surface area contributed by atoms with E-state index in [2.05, 4.69) is 20.0 Å². The molecule has 2 aliphatic rings. The summed E-state index contributed by atoms with van der Waals surface area (Å²) in [6.07, 6.45) is 2.60. The summed E-state index contributed by atoms with van der Waals surface area (Å²) in [4.78, 5) is 36.4. The normalized spacial score (nSPS) is 27.3. The minimum Gasteiger partial charge on any atom is -0.459 e. The molecule has 1 aromatic carbocycles. The van der Waals surface area contributed by atoms with Crippen molar-refractivity contribution < 1.29 is 23.7 Å². The van der Waals surface area contributed by atoms with Crippen LogP contribution in [0.3, 0.4) is 0 Å². The van der Waals surface area contributed by atoms with E-state index in [0.29, 0.717) is 10.8 Å². The number of imidazole rings is 1. The van der Waals surface area contributed by atoms with E-state index in [1.807, 2.05) is 0 Å². The summed E-state index contributed by atoms with van der Waals surface area (Å²) in [5, 5.41) is 4.14. The van der Waals surface area contributed by atoms with E-state index in [9.17, 15) is 15.1 Å². The fourth-order valence-electron chi connectivity index (χ4n) is 4.05. The first-order valence-electron chi connectivity index (χ1n) is 10.5. The van der Waals surface area contributed by atoms with Gasteiger partial charge in [-0.25, -0.2) is 14.6 Å². The van der Waals surface area contributed by atoms with Crippen LogP contribution >= 0.6 is 11.6 Å². The van der Waals surface area contributed by atoms with Crippen molar-refractivity contribution in [2.24, 2.45) is 5.11 Å². The minimum atomic E-state index is -1.80. The van der Waals surface area contributed by atoms with Crippen molar-refractivity contribution in [3.05, 3.63) is 86.8 Å². The first-order valence-corrected chi connectivity index (χ1v) is 10.8. The van der Waals surface area contributed by atoms with Gasteiger partial charge in [0, 0.05) is 28.5 Å². The molecule has 5 unspecified atom stereocenters. The van der Waals surface area contributed by atoms with Gasteiger partial charge in [-0.05, 0) is 36.7 Å². The van der Waals surface area contributed by atoms with Crippen LogP contribution in [0.4, 0.5) is 0 Å². The number of nitrogens with zero attached hydrogens (tertiary/aromatic N) is 7. The molecule has 0 aliphatic carbocycles. The van der Waals surface area contributed by atoms with Gasteiger partial charge in [-0.3, -0.25) is 9.13 Å². The summed E-state index contributed by atoms with van der Waals surface area (Å²) < 4.78 is 25.9. The number of carbonyl (C=O) groups is 1. The Morgan fingerprint density at radius 3 is 2.91 bits per heavy atom. The molecular weight excluding hydrogens is 482 g/mol. The van der Waals surface area contributed by atoms with Crippen LogP contribution < -0.4 is 5.69 Å². The summed E-state index contributed by atoms with van der Waals surface area (Å²) >= 11 is 5.95. The lowest BCUT2D eigenvalue weighted by atomic mass is 10.1. The zero-order valence-electron chi connectivity index (χ0n) is 18.2. The number of hydrogen-bond donors (Lipinski definition) is 0. The first-order chi connectivity index (χ1) is 16.9. The lowest BCUT2D eigenvalue weighted by molar-refractivity contribution is -0.185. The van der Waals surface area contributed by atoms with E-state index in [-0.39, 0.29) is 5.56 Å². The van der Waals surface area contributed by atoms with Gasteiger partial charge in [0.05, 0.1) is 5.56 Å². The highest BCUT2D eigenvalue weighted by molar-refractivity contribution is 6.30. The van der Waals surface area contributed by atoms with Gasteiger partial charge < -0.3 is 18.9 Å². The minimum absolute atomic E-state index is 0.201. The Kier molecular flexibility index (Phi) is 6.01. The number of aromatic nitrogens is 4. The molecule has 0 spiro atoms. The van der Waals surface area contributed by atoms with Crippen LogP contribution in [0.2, 0.25) is 5.02 Å². The van der Waals surface area contributed by atoms with Crippen LogP contribution in [0, 0.1) is 0 Å². The van der Waals surface area contributed by atoms with Gasteiger partial charge in [0.2, 0.25) is 5.72 Å². The molecule has 14 heteroatoms. The van der Waals surface area contributed by atoms with E-state index in [1.54, 1.807) is 42.1 Å². The first kappa shape index (κ1) is 23.0. The van der Waals surface area contributed by atoms with Crippen LogP contribution in [0.5, 0.6) is 0 Å². The third kappa shape index (κ3) is 4.27. The summed E-state index contributed by atoms with van der Waals surface area (Å²) in [5.41, 5.74) is 7.04. The van der Waals surface area contributed by atoms with Crippen LogP contribution in [-0.2, 0) is 18.9 Å². The van der Waals surface area contributed by atoms with E-state index in [1.165, 1.54) is 29.2 Å². The molecule has 0 N–H and O–H groups in total. The maximum atomic E-state index is 12.9. The summed E-state index contributed by atoms with van der Waals surface area (Å²) in [6, 6.07) is 7.77. The Bertz CT molecular complexity index is 1360. The number of fused-ring (bicyclic) bond motifs is 1. The molecule has 2 saturated heterocycles. The molecule has 2 aromatic heterocycles. The number of carbonyl (C=O) groups excluding carboxylic acids is 1. The van der Waals surface area contributed by atoms with Crippen molar-refractivity contribution >= 4 is 17.6 Å². The highest BCUT2D eigenvalue weighted by atomic mass is 35.5. The zero-order chi connectivity index (χ0) is 24.6. The molecule has 2 fully saturated rings. The number of halogens is 1. The van der Waals surface area contributed by atoms with Crippen LogP contribution in [-0.4, -0.2) is 55.9 Å². The second-order valence-corrected chi connectivity index (χ2v) is 8.24. The number of esters is 1. The Balaban J connectivity index is 1.45. The average molecular weight is 500 g/mol. The number of rotatable bonds is 6. The van der Waals surface area contributed by atoms with Crippen LogP contribution in [0.1, 0.15) is 23.5 Å². The third-order valence-corrected chi connectivity index (χ3v) is 5.81. The lowest BCUT2D eigenvalue weighted by Crippen LogP contribution is -2.45. The molecule has 5 rings (SSSR count). The standard InChI is InChI=1S/C21H18ClN7O6/c1-12-33-16-17(34-12)21(26-27-23,10-32-19(30)13-3-2-4-14(22)9-13)35-18(16)29-7-5-15(25-20(29)31)28-8-6-24-11-28/h2-9,11-12,16-18H,10H2,1H3. The maximum Gasteiger partial charge on any atom is 0.351 e. The predicted octanol–water partition coefficient (Wildman–Crippen LogP) is 2.60. The third-order valence-electron chi connectivity index (χ3n) is 5.58. The zero-order valence-corrected chi connectivity index (χ0v) is 18.9. The summed E-state index contributed by atoms with van der Waals surface area (Å²) in [6.45, 7) is 1.16. The van der Waals surface area contributed by atoms with Gasteiger partial charge in [0.25, 0.3) is 0 Å². The van der Waals surface area contributed by atoms with Crippen LogP contribution in [0.15, 0.2) is 65.2 Å². The van der Waals surface area contributed by atoms with Gasteiger partial charge in [-0.15, -0.1) is 0 Å². The molecule has 3 aromatic rings. The van der Waals surface area contributed by atoms with E-state index in [4.69, 9.17) is 30.5 Å². The fourth-order valence-corrected chi connectivity index (χ4v) is 4.24. The molecule has 35 heavy (non-hydrogen) atoms. The SMILES string of the molecule is CC1OC2C(n3ccc(-n4ccnc4)nc3=O)OC(COC(=O)c3cccc(Cl)c3)(N=[N+]=[N-])C2O1. The molecule has 0 radical (unpaired) electrons. The summed E-state index contributed by atoms with van der Waals surface area (Å²) in [7, 11) is 0. The van der Waals surface area contributed by atoms with E-state index < -0.39 is 48.7 Å². The highest BCUT2D eigenvalue weighted by Gasteiger charge is 2.62. The molecule has 180 valence electrons. The monoisotopic (exact) mass is 499 g/mol. The molecule has 13 nitrogen and oxygen atoms in total. The quantitative estimate of drug-likeness (QED) is 0.217. The number of hydrogen-bond acceptors (Lipinski definition) is 9. The fraction of sp³-hybridized carbons (Fsp3) is 0.333. The topological polar surface area (TPSA) is 155 Å². The molecule has 0 saturated carbocycles. The van der Waals surface area contributed by atoms with Crippen molar-refractivity contribution in [2.75, 3.05) is 6.61 Å². The molecular formula is C21H18ClN7O6. The van der Waals surface area contributed by atoms with Gasteiger partial charge in [-0.1, -0.05) is 22.8 Å². The van der Waals surface area contributed by atoms with Gasteiger partial charge in [-0.2, -0.15) is 4.98 Å². The molecule has 0 bridgehead atoms. The second-order valence-electron chi connectivity index (χ2n) is 7.80. The Labute approximate surface area is 202 Å². The van der Waals surface area contributed by atoms with Crippen molar-refractivity contribution in [2.45, 2.75) is 37.4 Å². The van der Waals surface area contributed by atoms with Gasteiger partial charge in [0.1, 0.15) is 31.0 Å². The molecule has 4 heterocycles. The molecule has 0 amide bonds. The van der Waals surface area contributed by atoms with E-state index >= 15 is 0 Å². The smallest absolute Gasteiger partial charge is 0.351 e. The van der Waals surface area contributed by atoms with E-state index in [0.717, 1.165) is 0 Å².